The quantitative estimate of drug-likeness (QED) is 0.894. The number of urea groups is 1. The second-order valence-electron chi connectivity index (χ2n) is 6.40. The van der Waals surface area contributed by atoms with Gasteiger partial charge in [-0.15, -0.1) is 0 Å². The molecule has 1 atom stereocenters. The van der Waals surface area contributed by atoms with E-state index in [9.17, 15) is 18.0 Å². The average molecular weight is 346 g/mol. The molecule has 0 aromatic heterocycles. The maximum atomic E-state index is 12.7. The van der Waals surface area contributed by atoms with Crippen LogP contribution < -0.4 is 14.8 Å². The van der Waals surface area contributed by atoms with Crippen LogP contribution in [0.2, 0.25) is 0 Å². The SMILES string of the molecule is COc1ccc2c(c1)OC(C)(C)CN(C(=O)NC(C)C(F)(F)F)C2. The number of nitrogens with zero attached hydrogens (tertiary/aromatic N) is 1. The fourth-order valence-electron chi connectivity index (χ4n) is 2.44. The van der Waals surface area contributed by atoms with Crippen LogP contribution in [-0.4, -0.2) is 42.4 Å². The van der Waals surface area contributed by atoms with Crippen LogP contribution in [0.15, 0.2) is 18.2 Å². The largest absolute Gasteiger partial charge is 0.497 e. The number of carbonyl (C=O) groups excluding carboxylic acids is 1. The second-order valence-corrected chi connectivity index (χ2v) is 6.40. The Morgan fingerprint density at radius 3 is 2.67 bits per heavy atom. The summed E-state index contributed by atoms with van der Waals surface area (Å²) in [5.74, 6) is 1.16. The van der Waals surface area contributed by atoms with Crippen LogP contribution in [-0.2, 0) is 6.54 Å². The van der Waals surface area contributed by atoms with E-state index in [1.165, 1.54) is 12.0 Å². The predicted molar refractivity (Wildman–Crippen MR) is 82.2 cm³/mol. The van der Waals surface area contributed by atoms with Gasteiger partial charge in [-0.25, -0.2) is 4.79 Å². The topological polar surface area (TPSA) is 50.8 Å². The van der Waals surface area contributed by atoms with Gasteiger partial charge in [0.25, 0.3) is 0 Å². The van der Waals surface area contributed by atoms with Crippen LogP contribution in [0.25, 0.3) is 0 Å². The molecule has 0 spiro atoms. The molecule has 0 radical (unpaired) electrons. The Morgan fingerprint density at radius 1 is 1.42 bits per heavy atom. The molecule has 1 heterocycles. The summed E-state index contributed by atoms with van der Waals surface area (Å²) in [5.41, 5.74) is -0.0487. The minimum atomic E-state index is -4.49. The van der Waals surface area contributed by atoms with Crippen molar-refractivity contribution in [2.24, 2.45) is 0 Å². The lowest BCUT2D eigenvalue weighted by atomic mass is 10.1. The van der Waals surface area contributed by atoms with E-state index < -0.39 is 23.9 Å². The Balaban J connectivity index is 2.23. The fourth-order valence-corrected chi connectivity index (χ4v) is 2.44. The zero-order valence-electron chi connectivity index (χ0n) is 14.0. The summed E-state index contributed by atoms with van der Waals surface area (Å²) in [7, 11) is 1.53. The third kappa shape index (κ3) is 4.24. The maximum Gasteiger partial charge on any atom is 0.408 e. The van der Waals surface area contributed by atoms with Gasteiger partial charge in [-0.2, -0.15) is 13.2 Å². The van der Waals surface area contributed by atoms with Crippen molar-refractivity contribution in [3.05, 3.63) is 23.8 Å². The van der Waals surface area contributed by atoms with Crippen LogP contribution in [0, 0.1) is 0 Å². The molecule has 2 rings (SSSR count). The molecule has 0 fully saturated rings. The molecule has 1 unspecified atom stereocenters. The van der Waals surface area contributed by atoms with Crippen LogP contribution in [0.3, 0.4) is 0 Å². The van der Waals surface area contributed by atoms with E-state index in [0.717, 1.165) is 6.92 Å². The lowest BCUT2D eigenvalue weighted by Gasteiger charge is -2.30. The van der Waals surface area contributed by atoms with Gasteiger partial charge in [0, 0.05) is 11.6 Å². The van der Waals surface area contributed by atoms with Crippen molar-refractivity contribution in [3.63, 3.8) is 0 Å². The molecule has 1 aromatic carbocycles. The minimum absolute atomic E-state index is 0.152. The number of benzene rings is 1. The highest BCUT2D eigenvalue weighted by atomic mass is 19.4. The highest BCUT2D eigenvalue weighted by Gasteiger charge is 2.39. The van der Waals surface area contributed by atoms with E-state index in [2.05, 4.69) is 0 Å². The Morgan fingerprint density at radius 2 is 2.08 bits per heavy atom. The zero-order valence-corrected chi connectivity index (χ0v) is 14.0. The van der Waals surface area contributed by atoms with Gasteiger partial charge >= 0.3 is 12.2 Å². The number of nitrogens with one attached hydrogen (secondary N) is 1. The van der Waals surface area contributed by atoms with Crippen molar-refractivity contribution in [1.29, 1.82) is 0 Å². The average Bonchev–Trinajstić information content (AvgIpc) is 2.59. The molecule has 5 nitrogen and oxygen atoms in total. The summed E-state index contributed by atoms with van der Waals surface area (Å²) in [4.78, 5) is 13.6. The van der Waals surface area contributed by atoms with Crippen LogP contribution in [0.4, 0.5) is 18.0 Å². The number of carbonyl (C=O) groups is 1. The molecule has 1 aliphatic heterocycles. The van der Waals surface area contributed by atoms with Crippen molar-refractivity contribution in [2.75, 3.05) is 13.7 Å². The standard InChI is InChI=1S/C16H21F3N2O3/c1-10(16(17,18)19)20-14(22)21-8-11-5-6-12(23-4)7-13(11)24-15(2,3)9-21/h5-7,10H,8-9H2,1-4H3,(H,20,22). The molecule has 1 N–H and O–H groups in total. The molecule has 1 aliphatic rings. The van der Waals surface area contributed by atoms with Gasteiger partial charge in [0.15, 0.2) is 0 Å². The summed E-state index contributed by atoms with van der Waals surface area (Å²) in [6.45, 7) is 4.76. The first kappa shape index (κ1) is 18.2. The molecule has 24 heavy (non-hydrogen) atoms. The molecule has 0 aliphatic carbocycles. The van der Waals surface area contributed by atoms with E-state index in [1.807, 2.05) is 5.32 Å². The monoisotopic (exact) mass is 346 g/mol. The van der Waals surface area contributed by atoms with Crippen molar-refractivity contribution < 1.29 is 27.4 Å². The number of ether oxygens (including phenoxy) is 2. The molecular formula is C16H21F3N2O3. The first-order chi connectivity index (χ1) is 11.0. The fraction of sp³-hybridized carbons (Fsp3) is 0.562. The molecule has 8 heteroatoms. The van der Waals surface area contributed by atoms with Crippen molar-refractivity contribution in [3.8, 4) is 11.5 Å². The number of fused-ring (bicyclic) bond motifs is 1. The number of hydrogen-bond acceptors (Lipinski definition) is 3. The second kappa shape index (κ2) is 6.41. The molecule has 0 bridgehead atoms. The first-order valence-electron chi connectivity index (χ1n) is 7.50. The predicted octanol–water partition coefficient (Wildman–Crippen LogP) is 3.33. The summed E-state index contributed by atoms with van der Waals surface area (Å²) >= 11 is 0. The number of hydrogen-bond donors (Lipinski definition) is 1. The Labute approximate surface area is 138 Å². The van der Waals surface area contributed by atoms with Crippen molar-refractivity contribution in [1.82, 2.24) is 10.2 Å². The van der Waals surface area contributed by atoms with Gasteiger partial charge in [0.2, 0.25) is 0 Å². The molecule has 0 saturated heterocycles. The highest BCUT2D eigenvalue weighted by molar-refractivity contribution is 5.75. The van der Waals surface area contributed by atoms with Gasteiger partial charge in [-0.3, -0.25) is 0 Å². The molecule has 0 saturated carbocycles. The number of halogens is 3. The minimum Gasteiger partial charge on any atom is -0.497 e. The molecule has 1 aromatic rings. The summed E-state index contributed by atoms with van der Waals surface area (Å²) < 4.78 is 49.0. The van der Waals surface area contributed by atoms with Crippen LogP contribution in [0.1, 0.15) is 26.3 Å². The Kier molecular flexibility index (Phi) is 4.87. The summed E-state index contributed by atoms with van der Waals surface area (Å²) in [6.07, 6.45) is -4.49. The molecule has 2 amide bonds. The van der Waals surface area contributed by atoms with Gasteiger partial charge in [0.05, 0.1) is 20.2 Å². The summed E-state index contributed by atoms with van der Waals surface area (Å²) in [5, 5.41) is 1.99. The van der Waals surface area contributed by atoms with E-state index in [4.69, 9.17) is 9.47 Å². The van der Waals surface area contributed by atoms with E-state index >= 15 is 0 Å². The number of rotatable bonds is 2. The third-order valence-electron chi connectivity index (χ3n) is 3.71. The van der Waals surface area contributed by atoms with Crippen LogP contribution >= 0.6 is 0 Å². The van der Waals surface area contributed by atoms with Crippen molar-refractivity contribution in [2.45, 2.75) is 45.1 Å². The first-order valence-corrected chi connectivity index (χ1v) is 7.50. The van der Waals surface area contributed by atoms with Crippen LogP contribution in [0.5, 0.6) is 11.5 Å². The van der Waals surface area contributed by atoms with E-state index in [-0.39, 0.29) is 13.1 Å². The van der Waals surface area contributed by atoms with Gasteiger partial charge < -0.3 is 19.7 Å². The zero-order chi connectivity index (χ0) is 18.1. The summed E-state index contributed by atoms with van der Waals surface area (Å²) in [6, 6.07) is 2.46. The number of methoxy groups -OCH3 is 1. The highest BCUT2D eigenvalue weighted by Crippen LogP contribution is 2.32. The lowest BCUT2D eigenvalue weighted by Crippen LogP contribution is -2.52. The molecular weight excluding hydrogens is 325 g/mol. The van der Waals surface area contributed by atoms with E-state index in [1.54, 1.807) is 32.0 Å². The molecule has 134 valence electrons. The van der Waals surface area contributed by atoms with Gasteiger partial charge in [-0.05, 0) is 32.9 Å². The third-order valence-corrected chi connectivity index (χ3v) is 3.71. The maximum absolute atomic E-state index is 12.7. The van der Waals surface area contributed by atoms with Gasteiger partial charge in [0.1, 0.15) is 23.1 Å². The Bertz CT molecular complexity index is 617. The Hall–Kier alpha value is -2.12. The van der Waals surface area contributed by atoms with E-state index in [0.29, 0.717) is 17.1 Å². The number of amides is 2. The number of alkyl halides is 3. The van der Waals surface area contributed by atoms with Crippen molar-refractivity contribution >= 4 is 6.03 Å². The normalized spacial score (nSPS) is 18.0. The smallest absolute Gasteiger partial charge is 0.408 e. The lowest BCUT2D eigenvalue weighted by molar-refractivity contribution is -0.149. The van der Waals surface area contributed by atoms with Gasteiger partial charge in [-0.1, -0.05) is 0 Å².